The van der Waals surface area contributed by atoms with Gasteiger partial charge in [0.1, 0.15) is 27.5 Å². The molecule has 9 heteroatoms. The number of benzene rings is 1. The van der Waals surface area contributed by atoms with E-state index in [4.69, 9.17) is 17.0 Å². The monoisotopic (exact) mass is 496 g/mol. The fraction of sp³-hybridized carbons (Fsp3) is 0.360. The van der Waals surface area contributed by atoms with Crippen molar-refractivity contribution in [3.05, 3.63) is 61.8 Å². The Morgan fingerprint density at radius 3 is 2.44 bits per heavy atom. The Morgan fingerprint density at radius 2 is 1.85 bits per heavy atom. The van der Waals surface area contributed by atoms with Gasteiger partial charge in [-0.3, -0.25) is 19.1 Å². The van der Waals surface area contributed by atoms with E-state index in [0.717, 1.165) is 17.7 Å². The van der Waals surface area contributed by atoms with Gasteiger partial charge in [0.05, 0.1) is 12.0 Å². The van der Waals surface area contributed by atoms with Crippen LogP contribution in [0.3, 0.4) is 0 Å². The second-order valence-electron chi connectivity index (χ2n) is 7.87. The standard InChI is InChI=1S/C25H28N4O3S2/c1-5-11-28-22(27-15-17-7-9-18(32-4)10-8-17)19(16(3)20(14-26)23(28)30)13-21-24(31)29(12-6-2)25(33)34-21/h7-10,13,27H,5-6,11-12,15H2,1-4H3/b21-13+. The Balaban J connectivity index is 2.12. The minimum Gasteiger partial charge on any atom is -0.497 e. The van der Waals surface area contributed by atoms with Crippen LogP contribution in [0.25, 0.3) is 6.08 Å². The number of carbonyl (C=O) groups excluding carboxylic acids is 1. The summed E-state index contributed by atoms with van der Waals surface area (Å²) in [5, 5.41) is 13.1. The molecule has 1 aromatic heterocycles. The molecule has 0 atom stereocenters. The van der Waals surface area contributed by atoms with E-state index in [9.17, 15) is 14.9 Å². The second-order valence-corrected chi connectivity index (χ2v) is 9.54. The predicted octanol–water partition coefficient (Wildman–Crippen LogP) is 4.67. The first-order valence-corrected chi connectivity index (χ1v) is 12.4. The highest BCUT2D eigenvalue weighted by molar-refractivity contribution is 8.26. The molecule has 2 aromatic rings. The fourth-order valence-electron chi connectivity index (χ4n) is 3.77. The maximum Gasteiger partial charge on any atom is 0.270 e. The van der Waals surface area contributed by atoms with Gasteiger partial charge in [0, 0.05) is 25.2 Å². The van der Waals surface area contributed by atoms with Crippen molar-refractivity contribution in [1.29, 1.82) is 5.26 Å². The van der Waals surface area contributed by atoms with E-state index in [1.165, 1.54) is 11.8 Å². The lowest BCUT2D eigenvalue weighted by Gasteiger charge is -2.20. The van der Waals surface area contributed by atoms with Crippen LogP contribution >= 0.6 is 24.0 Å². The second kappa shape index (κ2) is 11.4. The van der Waals surface area contributed by atoms with Crippen molar-refractivity contribution in [1.82, 2.24) is 9.47 Å². The Kier molecular flexibility index (Phi) is 8.53. The number of methoxy groups -OCH3 is 1. The molecule has 178 valence electrons. The largest absolute Gasteiger partial charge is 0.497 e. The third-order valence-corrected chi connectivity index (χ3v) is 6.92. The van der Waals surface area contributed by atoms with E-state index in [2.05, 4.69) is 11.4 Å². The van der Waals surface area contributed by atoms with Crippen LogP contribution in [0, 0.1) is 18.3 Å². The number of nitrogens with zero attached hydrogens (tertiary/aromatic N) is 3. The molecule has 1 aliphatic rings. The van der Waals surface area contributed by atoms with Crippen molar-refractivity contribution in [3.63, 3.8) is 0 Å². The number of thioether (sulfide) groups is 1. The van der Waals surface area contributed by atoms with E-state index in [1.807, 2.05) is 38.1 Å². The summed E-state index contributed by atoms with van der Waals surface area (Å²) >= 11 is 6.65. The van der Waals surface area contributed by atoms with Crippen molar-refractivity contribution >= 4 is 46.1 Å². The van der Waals surface area contributed by atoms with Gasteiger partial charge in [0.15, 0.2) is 0 Å². The zero-order valence-electron chi connectivity index (χ0n) is 19.8. The smallest absolute Gasteiger partial charge is 0.270 e. The number of nitrogens with one attached hydrogen (secondary N) is 1. The summed E-state index contributed by atoms with van der Waals surface area (Å²) in [6.45, 7) is 7.16. The molecule has 7 nitrogen and oxygen atoms in total. The highest BCUT2D eigenvalue weighted by Crippen LogP contribution is 2.35. The maximum absolute atomic E-state index is 13.1. The van der Waals surface area contributed by atoms with E-state index >= 15 is 0 Å². The summed E-state index contributed by atoms with van der Waals surface area (Å²) < 4.78 is 7.34. The Bertz CT molecular complexity index is 1230. The van der Waals surface area contributed by atoms with Gasteiger partial charge in [-0.05, 0) is 49.1 Å². The molecule has 0 saturated carbocycles. The lowest BCUT2D eigenvalue weighted by molar-refractivity contribution is -0.122. The number of hydrogen-bond acceptors (Lipinski definition) is 7. The molecule has 34 heavy (non-hydrogen) atoms. The normalized spacial score (nSPS) is 14.6. The number of hydrogen-bond donors (Lipinski definition) is 1. The van der Waals surface area contributed by atoms with Gasteiger partial charge in [-0.25, -0.2) is 0 Å². The molecule has 0 bridgehead atoms. The summed E-state index contributed by atoms with van der Waals surface area (Å²) in [4.78, 5) is 28.2. The van der Waals surface area contributed by atoms with Crippen LogP contribution in [0.5, 0.6) is 5.75 Å². The zero-order chi connectivity index (χ0) is 24.8. The summed E-state index contributed by atoms with van der Waals surface area (Å²) in [6, 6.07) is 9.70. The van der Waals surface area contributed by atoms with Gasteiger partial charge < -0.3 is 10.1 Å². The number of pyridine rings is 1. The summed E-state index contributed by atoms with van der Waals surface area (Å²) in [6.07, 6.45) is 3.27. The number of aromatic nitrogens is 1. The molecule has 1 fully saturated rings. The number of anilines is 1. The average molecular weight is 497 g/mol. The minimum atomic E-state index is -0.338. The molecular formula is C25H28N4O3S2. The van der Waals surface area contributed by atoms with Crippen molar-refractivity contribution in [2.75, 3.05) is 19.0 Å². The van der Waals surface area contributed by atoms with Crippen molar-refractivity contribution in [2.45, 2.75) is 46.7 Å². The Morgan fingerprint density at radius 1 is 1.18 bits per heavy atom. The first-order chi connectivity index (χ1) is 16.4. The maximum atomic E-state index is 13.1. The quantitative estimate of drug-likeness (QED) is 0.399. The number of carbonyl (C=O) groups is 1. The highest BCUT2D eigenvalue weighted by atomic mass is 32.2. The summed E-state index contributed by atoms with van der Waals surface area (Å²) in [5.74, 6) is 1.19. The number of rotatable bonds is 9. The van der Waals surface area contributed by atoms with E-state index in [1.54, 1.807) is 29.6 Å². The fourth-order valence-corrected chi connectivity index (χ4v) is 5.06. The Labute approximate surface area is 209 Å². The molecular weight excluding hydrogens is 468 g/mol. The zero-order valence-corrected chi connectivity index (χ0v) is 21.4. The van der Waals surface area contributed by atoms with Crippen molar-refractivity contribution < 1.29 is 9.53 Å². The van der Waals surface area contributed by atoms with Crippen LogP contribution in [-0.2, 0) is 17.9 Å². The molecule has 1 aliphatic heterocycles. The van der Waals surface area contributed by atoms with Crippen LogP contribution < -0.4 is 15.6 Å². The molecule has 1 saturated heterocycles. The molecule has 0 spiro atoms. The summed E-state index contributed by atoms with van der Waals surface area (Å²) in [7, 11) is 1.62. The number of amides is 1. The molecule has 1 aromatic carbocycles. The third-order valence-electron chi connectivity index (χ3n) is 5.54. The van der Waals surface area contributed by atoms with Crippen molar-refractivity contribution in [3.8, 4) is 11.8 Å². The topological polar surface area (TPSA) is 87.4 Å². The number of ether oxygens (including phenoxy) is 1. The summed E-state index contributed by atoms with van der Waals surface area (Å²) in [5.41, 5.74) is 1.93. The van der Waals surface area contributed by atoms with Gasteiger partial charge in [-0.1, -0.05) is 50.0 Å². The van der Waals surface area contributed by atoms with Crippen molar-refractivity contribution in [2.24, 2.45) is 0 Å². The van der Waals surface area contributed by atoms with E-state index in [-0.39, 0.29) is 17.0 Å². The van der Waals surface area contributed by atoms with Gasteiger partial charge >= 0.3 is 0 Å². The van der Waals surface area contributed by atoms with Crippen LogP contribution in [0.1, 0.15) is 48.9 Å². The molecule has 0 aliphatic carbocycles. The Hall–Kier alpha value is -3.09. The van der Waals surface area contributed by atoms with Crippen LogP contribution in [-0.4, -0.2) is 33.3 Å². The number of nitriles is 1. The van der Waals surface area contributed by atoms with Gasteiger partial charge in [-0.2, -0.15) is 5.26 Å². The molecule has 0 unspecified atom stereocenters. The third kappa shape index (κ3) is 5.18. The van der Waals surface area contributed by atoms with Gasteiger partial charge in [0.2, 0.25) is 0 Å². The highest BCUT2D eigenvalue weighted by Gasteiger charge is 2.32. The van der Waals surface area contributed by atoms with Crippen LogP contribution in [0.4, 0.5) is 5.82 Å². The molecule has 0 radical (unpaired) electrons. The van der Waals surface area contributed by atoms with E-state index in [0.29, 0.717) is 52.2 Å². The first-order valence-electron chi connectivity index (χ1n) is 11.2. The number of thiocarbonyl (C=S) groups is 1. The first kappa shape index (κ1) is 25.5. The lowest BCUT2D eigenvalue weighted by atomic mass is 10.0. The predicted molar refractivity (Wildman–Crippen MR) is 141 cm³/mol. The van der Waals surface area contributed by atoms with Gasteiger partial charge in [-0.15, -0.1) is 0 Å². The van der Waals surface area contributed by atoms with E-state index < -0.39 is 0 Å². The van der Waals surface area contributed by atoms with Crippen LogP contribution in [0.15, 0.2) is 34.0 Å². The van der Waals surface area contributed by atoms with Gasteiger partial charge in [0.25, 0.3) is 11.5 Å². The SMILES string of the molecule is CCCN1C(=O)/C(=C\c2c(C)c(C#N)c(=O)n(CCC)c2NCc2ccc(OC)cc2)SC1=S. The molecule has 1 amide bonds. The lowest BCUT2D eigenvalue weighted by Crippen LogP contribution is -2.29. The molecule has 2 heterocycles. The molecule has 1 N–H and O–H groups in total. The minimum absolute atomic E-state index is 0.0822. The average Bonchev–Trinajstić information content (AvgIpc) is 3.10. The van der Waals surface area contributed by atoms with Crippen LogP contribution in [0.2, 0.25) is 0 Å². The molecule has 3 rings (SSSR count).